The predicted molar refractivity (Wildman–Crippen MR) is 110 cm³/mol. The number of amides is 1. The summed E-state index contributed by atoms with van der Waals surface area (Å²) in [5.41, 5.74) is 2.36. The molecule has 2 heterocycles. The maximum atomic E-state index is 12.5. The largest absolute Gasteiger partial charge is 0.351 e. The van der Waals surface area contributed by atoms with E-state index in [2.05, 4.69) is 15.2 Å². The number of likely N-dealkylation sites (tertiary alicyclic amines) is 1. The van der Waals surface area contributed by atoms with Crippen molar-refractivity contribution in [3.63, 3.8) is 0 Å². The molecule has 1 aliphatic heterocycles. The molecule has 1 aliphatic rings. The van der Waals surface area contributed by atoms with Gasteiger partial charge >= 0.3 is 0 Å². The number of aromatic nitrogens is 1. The molecule has 1 fully saturated rings. The van der Waals surface area contributed by atoms with Gasteiger partial charge in [-0.15, -0.1) is 11.3 Å². The van der Waals surface area contributed by atoms with Gasteiger partial charge < -0.3 is 10.2 Å². The molecule has 0 aliphatic carbocycles. The van der Waals surface area contributed by atoms with Gasteiger partial charge in [0.2, 0.25) is 0 Å². The van der Waals surface area contributed by atoms with Crippen LogP contribution in [0, 0.1) is 6.92 Å². The third kappa shape index (κ3) is 5.23. The zero-order valence-electron chi connectivity index (χ0n) is 16.1. The number of carbonyl (C=O) groups is 2. The molecule has 1 saturated heterocycles. The van der Waals surface area contributed by atoms with Crippen LogP contribution in [0.2, 0.25) is 0 Å². The summed E-state index contributed by atoms with van der Waals surface area (Å²) in [6.07, 6.45) is 4.76. The number of aryl methyl sites for hydroxylation is 1. The van der Waals surface area contributed by atoms with Crippen LogP contribution in [0.1, 0.15) is 58.3 Å². The Balaban J connectivity index is 1.52. The van der Waals surface area contributed by atoms with Crippen molar-refractivity contribution in [1.29, 1.82) is 0 Å². The molecule has 1 amide bonds. The third-order valence-electron chi connectivity index (χ3n) is 4.93. The maximum absolute atomic E-state index is 12.5. The Bertz CT molecular complexity index is 792. The number of carbonyl (C=O) groups excluding carboxylic acids is 2. The lowest BCUT2D eigenvalue weighted by Crippen LogP contribution is -2.26. The van der Waals surface area contributed by atoms with E-state index in [4.69, 9.17) is 0 Å². The zero-order valence-corrected chi connectivity index (χ0v) is 16.9. The highest BCUT2D eigenvalue weighted by molar-refractivity contribution is 7.17. The molecule has 0 atom stereocenters. The second kappa shape index (κ2) is 9.24. The monoisotopic (exact) mass is 385 g/mol. The van der Waals surface area contributed by atoms with Crippen LogP contribution in [0.5, 0.6) is 0 Å². The number of hydrogen-bond donors (Lipinski definition) is 1. The van der Waals surface area contributed by atoms with E-state index < -0.39 is 0 Å². The Hall–Kier alpha value is -2.05. The van der Waals surface area contributed by atoms with Gasteiger partial charge in [0.15, 0.2) is 5.78 Å². The Morgan fingerprint density at radius 2 is 1.85 bits per heavy atom. The van der Waals surface area contributed by atoms with E-state index in [-0.39, 0.29) is 11.7 Å². The Labute approximate surface area is 164 Å². The first-order valence-electron chi connectivity index (χ1n) is 9.64. The van der Waals surface area contributed by atoms with Gasteiger partial charge in [0.25, 0.3) is 5.91 Å². The van der Waals surface area contributed by atoms with Crippen LogP contribution in [0.25, 0.3) is 10.6 Å². The highest BCUT2D eigenvalue weighted by atomic mass is 32.1. The van der Waals surface area contributed by atoms with E-state index >= 15 is 0 Å². The van der Waals surface area contributed by atoms with Gasteiger partial charge in [0.1, 0.15) is 9.88 Å². The van der Waals surface area contributed by atoms with Gasteiger partial charge in [-0.25, -0.2) is 4.98 Å². The number of rotatable bonds is 8. The van der Waals surface area contributed by atoms with E-state index in [0.717, 1.165) is 35.7 Å². The lowest BCUT2D eigenvalue weighted by atomic mass is 10.1. The highest BCUT2D eigenvalue weighted by Crippen LogP contribution is 2.28. The fourth-order valence-corrected chi connectivity index (χ4v) is 4.31. The molecule has 6 heteroatoms. The summed E-state index contributed by atoms with van der Waals surface area (Å²) in [7, 11) is 0. The first kappa shape index (κ1) is 19.7. The minimum absolute atomic E-state index is 0.0432. The molecule has 0 bridgehead atoms. The molecule has 1 N–H and O–H groups in total. The number of nitrogens with one attached hydrogen (secondary N) is 1. The lowest BCUT2D eigenvalue weighted by molar-refractivity contribution is 0.0954. The SMILES string of the molecule is CC(=O)c1ccc(-c2nc(C)c(C(=O)NCCCCN3CCCC3)s2)cc1. The molecule has 1 aromatic carbocycles. The average Bonchev–Trinajstić information content (AvgIpc) is 3.31. The van der Waals surface area contributed by atoms with Crippen LogP contribution in [-0.2, 0) is 0 Å². The van der Waals surface area contributed by atoms with Crippen LogP contribution in [0.4, 0.5) is 0 Å². The van der Waals surface area contributed by atoms with Gasteiger partial charge in [0.05, 0.1) is 5.69 Å². The van der Waals surface area contributed by atoms with Crippen LogP contribution in [0.15, 0.2) is 24.3 Å². The second-order valence-electron chi connectivity index (χ2n) is 7.08. The molecule has 27 heavy (non-hydrogen) atoms. The number of nitrogens with zero attached hydrogens (tertiary/aromatic N) is 2. The minimum atomic E-state index is -0.0437. The molecular weight excluding hydrogens is 358 g/mol. The van der Waals surface area contributed by atoms with Crippen molar-refractivity contribution < 1.29 is 9.59 Å². The van der Waals surface area contributed by atoms with E-state index in [0.29, 0.717) is 17.0 Å². The maximum Gasteiger partial charge on any atom is 0.263 e. The molecule has 5 nitrogen and oxygen atoms in total. The van der Waals surface area contributed by atoms with Crippen molar-refractivity contribution in [2.24, 2.45) is 0 Å². The smallest absolute Gasteiger partial charge is 0.263 e. The van der Waals surface area contributed by atoms with Gasteiger partial charge in [0, 0.05) is 17.7 Å². The molecule has 2 aromatic rings. The molecule has 144 valence electrons. The summed E-state index contributed by atoms with van der Waals surface area (Å²) < 4.78 is 0. The molecule has 3 rings (SSSR count). The lowest BCUT2D eigenvalue weighted by Gasteiger charge is -2.13. The van der Waals surface area contributed by atoms with E-state index in [1.165, 1.54) is 37.3 Å². The number of benzene rings is 1. The standard InChI is InChI=1S/C21H27N3O2S/c1-15-19(20(26)22-11-3-4-12-24-13-5-6-14-24)27-21(23-15)18-9-7-17(8-10-18)16(2)25/h7-10H,3-6,11-14H2,1-2H3,(H,22,26). The number of Topliss-reactive ketones (excluding diaryl/α,β-unsaturated/α-hetero) is 1. The van der Waals surface area contributed by atoms with Crippen molar-refractivity contribution in [3.05, 3.63) is 40.4 Å². The third-order valence-corrected chi connectivity index (χ3v) is 6.13. The van der Waals surface area contributed by atoms with E-state index in [9.17, 15) is 9.59 Å². The Morgan fingerprint density at radius 3 is 2.52 bits per heavy atom. The van der Waals surface area contributed by atoms with Crippen molar-refractivity contribution in [1.82, 2.24) is 15.2 Å². The zero-order chi connectivity index (χ0) is 19.2. The van der Waals surface area contributed by atoms with Crippen LogP contribution >= 0.6 is 11.3 Å². The molecule has 0 unspecified atom stereocenters. The topological polar surface area (TPSA) is 62.3 Å². The fourth-order valence-electron chi connectivity index (χ4n) is 3.33. The summed E-state index contributed by atoms with van der Waals surface area (Å²) in [6, 6.07) is 7.37. The van der Waals surface area contributed by atoms with E-state index in [1.54, 1.807) is 19.1 Å². The van der Waals surface area contributed by atoms with Crippen LogP contribution < -0.4 is 5.32 Å². The van der Waals surface area contributed by atoms with Crippen molar-refractivity contribution in [2.45, 2.75) is 39.5 Å². The van der Waals surface area contributed by atoms with Crippen molar-refractivity contribution >= 4 is 23.0 Å². The van der Waals surface area contributed by atoms with Gasteiger partial charge in [-0.05, 0) is 59.2 Å². The van der Waals surface area contributed by atoms with Gasteiger partial charge in [-0.1, -0.05) is 24.3 Å². The fraction of sp³-hybridized carbons (Fsp3) is 0.476. The molecule has 0 saturated carbocycles. The molecule has 0 radical (unpaired) electrons. The summed E-state index contributed by atoms with van der Waals surface area (Å²) in [5.74, 6) is -0.000513. The van der Waals surface area contributed by atoms with Crippen molar-refractivity contribution in [2.75, 3.05) is 26.2 Å². The Morgan fingerprint density at radius 1 is 1.15 bits per heavy atom. The van der Waals surface area contributed by atoms with Gasteiger partial charge in [-0.3, -0.25) is 9.59 Å². The quantitative estimate of drug-likeness (QED) is 0.552. The summed E-state index contributed by atoms with van der Waals surface area (Å²) in [6.45, 7) is 7.70. The summed E-state index contributed by atoms with van der Waals surface area (Å²) in [5, 5.41) is 3.83. The number of ketones is 1. The van der Waals surface area contributed by atoms with Crippen LogP contribution in [0.3, 0.4) is 0 Å². The molecular formula is C21H27N3O2S. The molecule has 1 aromatic heterocycles. The number of hydrogen-bond acceptors (Lipinski definition) is 5. The van der Waals surface area contributed by atoms with Crippen molar-refractivity contribution in [3.8, 4) is 10.6 Å². The highest BCUT2D eigenvalue weighted by Gasteiger charge is 2.16. The minimum Gasteiger partial charge on any atom is -0.351 e. The summed E-state index contributed by atoms with van der Waals surface area (Å²) >= 11 is 1.40. The second-order valence-corrected chi connectivity index (χ2v) is 8.08. The van der Waals surface area contributed by atoms with Gasteiger partial charge in [-0.2, -0.15) is 0 Å². The van der Waals surface area contributed by atoms with E-state index in [1.807, 2.05) is 19.1 Å². The molecule has 0 spiro atoms. The first-order valence-corrected chi connectivity index (χ1v) is 10.5. The normalized spacial score (nSPS) is 14.4. The first-order chi connectivity index (χ1) is 13.0. The number of unbranched alkanes of at least 4 members (excludes halogenated alkanes) is 1. The average molecular weight is 386 g/mol. The number of thiazole rings is 1. The predicted octanol–water partition coefficient (Wildman–Crippen LogP) is 3.93. The van der Waals surface area contributed by atoms with Crippen LogP contribution in [-0.4, -0.2) is 47.8 Å². The Kier molecular flexibility index (Phi) is 6.74. The summed E-state index contributed by atoms with van der Waals surface area (Å²) in [4.78, 5) is 31.6.